The Morgan fingerprint density at radius 2 is 1.44 bits per heavy atom. The highest BCUT2D eigenvalue weighted by atomic mass is 35.5. The first-order valence-corrected chi connectivity index (χ1v) is 5.00. The van der Waals surface area contributed by atoms with E-state index < -0.39 is 10.9 Å². The fourth-order valence-electron chi connectivity index (χ4n) is 0.0952. The highest BCUT2D eigenvalue weighted by molar-refractivity contribution is 6.45. The number of hydrogen-bond donors (Lipinski definition) is 0. The van der Waals surface area contributed by atoms with Gasteiger partial charge in [-0.25, -0.2) is 4.39 Å². The summed E-state index contributed by atoms with van der Waals surface area (Å²) in [4.78, 5) is -1.09. The van der Waals surface area contributed by atoms with Crippen LogP contribution in [0, 0.1) is 0 Å². The van der Waals surface area contributed by atoms with Gasteiger partial charge in [0.25, 0.3) is 6.08 Å². The molecule has 0 saturated carbocycles. The highest BCUT2D eigenvalue weighted by Gasteiger charge is 1.94. The van der Waals surface area contributed by atoms with Crippen LogP contribution in [-0.4, -0.2) is 4.84 Å². The summed E-state index contributed by atoms with van der Waals surface area (Å²) in [7, 11) is 0. The molecule has 0 bridgehead atoms. The number of halogens is 6. The van der Waals surface area contributed by atoms with Crippen molar-refractivity contribution in [1.82, 2.24) is 0 Å². The zero-order valence-corrected chi connectivity index (χ0v) is 10.5. The maximum atomic E-state index is 11.0. The number of hydrogen-bond acceptors (Lipinski definition) is 0. The van der Waals surface area contributed by atoms with Gasteiger partial charge in [0.1, 0.15) is 4.84 Å². The topological polar surface area (TPSA) is 0 Å². The standard InChI is InChI=1S/C3H2Cl2F2.C3H5Cl.C3H5F.CH4/c4-2(5)1-3(6)7;2*1-2-3-4;/h1-2H;2*2-3H,1H3;1H4. The van der Waals surface area contributed by atoms with E-state index in [1.807, 2.05) is 6.92 Å². The lowest BCUT2D eigenvalue weighted by Crippen LogP contribution is -1.74. The summed E-state index contributed by atoms with van der Waals surface area (Å²) in [5.41, 5.74) is 1.47. The third kappa shape index (κ3) is 66.6. The largest absolute Gasteiger partial charge is 0.269 e. The van der Waals surface area contributed by atoms with E-state index in [1.165, 1.54) is 11.6 Å². The van der Waals surface area contributed by atoms with E-state index >= 15 is 0 Å². The van der Waals surface area contributed by atoms with Crippen LogP contribution in [0.5, 0.6) is 0 Å². The second-order valence-electron chi connectivity index (χ2n) is 1.71. The first-order chi connectivity index (χ1) is 6.95. The van der Waals surface area contributed by atoms with Crippen molar-refractivity contribution in [3.63, 3.8) is 0 Å². The Morgan fingerprint density at radius 3 is 1.44 bits per heavy atom. The Balaban J connectivity index is -0.0000000700. The molecule has 16 heavy (non-hydrogen) atoms. The molecule has 6 heteroatoms. The normalized spacial score (nSPS) is 8.81. The van der Waals surface area contributed by atoms with E-state index in [-0.39, 0.29) is 7.43 Å². The van der Waals surface area contributed by atoms with Gasteiger partial charge in [0.2, 0.25) is 0 Å². The molecular formula is C10H16Cl3F3. The van der Waals surface area contributed by atoms with Crippen molar-refractivity contribution in [2.75, 3.05) is 0 Å². The zero-order chi connectivity index (χ0) is 12.7. The second kappa shape index (κ2) is 24.2. The maximum absolute atomic E-state index is 11.0. The molecule has 0 amide bonds. The van der Waals surface area contributed by atoms with E-state index in [4.69, 9.17) is 34.8 Å². The van der Waals surface area contributed by atoms with Gasteiger partial charge in [-0.1, -0.05) is 31.2 Å². The van der Waals surface area contributed by atoms with Crippen molar-refractivity contribution < 1.29 is 13.2 Å². The summed E-state index contributed by atoms with van der Waals surface area (Å²) in [5.74, 6) is 0. The van der Waals surface area contributed by atoms with Crippen molar-refractivity contribution in [2.24, 2.45) is 0 Å². The molecule has 0 spiro atoms. The molecule has 0 aliphatic rings. The predicted molar refractivity (Wildman–Crippen MR) is 69.1 cm³/mol. The molecule has 0 heterocycles. The van der Waals surface area contributed by atoms with Gasteiger partial charge in [0.15, 0.2) is 0 Å². The Hall–Kier alpha value is -0.120. The Labute approximate surface area is 110 Å². The Morgan fingerprint density at radius 1 is 1.12 bits per heavy atom. The van der Waals surface area contributed by atoms with Crippen LogP contribution in [0.15, 0.2) is 36.2 Å². The van der Waals surface area contributed by atoms with E-state index in [2.05, 4.69) is 0 Å². The monoisotopic (exact) mass is 298 g/mol. The molecule has 0 atom stereocenters. The van der Waals surface area contributed by atoms with Crippen molar-refractivity contribution in [2.45, 2.75) is 26.1 Å². The van der Waals surface area contributed by atoms with Gasteiger partial charge in [0.05, 0.1) is 6.33 Å². The summed E-state index contributed by atoms with van der Waals surface area (Å²) in [6.45, 7) is 3.49. The predicted octanol–water partition coefficient (Wildman–Crippen LogP) is 6.45. The summed E-state index contributed by atoms with van der Waals surface area (Å²) in [6.07, 6.45) is 2.19. The van der Waals surface area contributed by atoms with Gasteiger partial charge in [-0.05, 0) is 19.4 Å². The lowest BCUT2D eigenvalue weighted by Gasteiger charge is -1.82. The maximum Gasteiger partial charge on any atom is 0.269 e. The smallest absolute Gasteiger partial charge is 0.216 e. The molecule has 0 aromatic carbocycles. The molecule has 0 nitrogen and oxygen atoms in total. The molecular weight excluding hydrogens is 283 g/mol. The van der Waals surface area contributed by atoms with E-state index in [0.717, 1.165) is 0 Å². The average molecular weight is 300 g/mol. The Kier molecular flexibility index (Phi) is 37.7. The molecule has 0 N–H and O–H groups in total. The summed E-state index contributed by atoms with van der Waals surface area (Å²) >= 11 is 14.8. The molecule has 0 fully saturated rings. The molecule has 0 aliphatic heterocycles. The minimum absolute atomic E-state index is 0. The minimum atomic E-state index is -1.85. The van der Waals surface area contributed by atoms with Gasteiger partial charge >= 0.3 is 0 Å². The van der Waals surface area contributed by atoms with Crippen LogP contribution in [0.4, 0.5) is 13.2 Å². The highest BCUT2D eigenvalue weighted by Crippen LogP contribution is 2.08. The lowest BCUT2D eigenvalue weighted by atomic mass is 10.7. The third-order valence-corrected chi connectivity index (χ3v) is 1.01. The van der Waals surface area contributed by atoms with E-state index in [0.29, 0.717) is 12.4 Å². The van der Waals surface area contributed by atoms with Crippen molar-refractivity contribution >= 4 is 34.8 Å². The molecule has 0 radical (unpaired) electrons. The van der Waals surface area contributed by atoms with Gasteiger partial charge in [-0.15, -0.1) is 23.2 Å². The molecule has 98 valence electrons. The van der Waals surface area contributed by atoms with Crippen LogP contribution in [0.1, 0.15) is 21.3 Å². The Bertz CT molecular complexity index is 168. The lowest BCUT2D eigenvalue weighted by molar-refractivity contribution is 0.420. The van der Waals surface area contributed by atoms with Crippen LogP contribution < -0.4 is 0 Å². The van der Waals surface area contributed by atoms with Crippen LogP contribution in [0.3, 0.4) is 0 Å². The van der Waals surface area contributed by atoms with Crippen LogP contribution in [-0.2, 0) is 0 Å². The molecule has 0 aromatic rings. The first-order valence-electron chi connectivity index (χ1n) is 3.69. The first kappa shape index (κ1) is 24.9. The van der Waals surface area contributed by atoms with Crippen LogP contribution >= 0.6 is 34.8 Å². The van der Waals surface area contributed by atoms with E-state index in [1.54, 1.807) is 13.0 Å². The fourth-order valence-corrected chi connectivity index (χ4v) is 0.286. The van der Waals surface area contributed by atoms with Gasteiger partial charge in [-0.2, -0.15) is 8.78 Å². The van der Waals surface area contributed by atoms with Crippen molar-refractivity contribution in [3.05, 3.63) is 36.2 Å². The molecule has 0 saturated heterocycles. The van der Waals surface area contributed by atoms with Crippen LogP contribution in [0.2, 0.25) is 0 Å². The van der Waals surface area contributed by atoms with Crippen molar-refractivity contribution in [1.29, 1.82) is 0 Å². The SMILES string of the molecule is C.CC=CCl.CC=CF.FC(F)=CC(Cl)Cl. The van der Waals surface area contributed by atoms with Gasteiger partial charge < -0.3 is 0 Å². The summed E-state index contributed by atoms with van der Waals surface area (Å²) < 4.78 is 32.5. The van der Waals surface area contributed by atoms with Crippen LogP contribution in [0.25, 0.3) is 0 Å². The van der Waals surface area contributed by atoms with E-state index in [9.17, 15) is 13.2 Å². The number of rotatable bonds is 1. The zero-order valence-electron chi connectivity index (χ0n) is 8.23. The number of allylic oxidation sites excluding steroid dienone is 3. The minimum Gasteiger partial charge on any atom is -0.216 e. The number of alkyl halides is 2. The molecule has 0 rings (SSSR count). The molecule has 0 unspecified atom stereocenters. The molecule has 0 aromatic heterocycles. The quantitative estimate of drug-likeness (QED) is 0.488. The van der Waals surface area contributed by atoms with Gasteiger partial charge in [-0.3, -0.25) is 0 Å². The average Bonchev–Trinajstić information content (AvgIpc) is 2.16. The molecule has 0 aliphatic carbocycles. The second-order valence-corrected chi connectivity index (χ2v) is 3.13. The fraction of sp³-hybridized carbons (Fsp3) is 0.400. The summed E-state index contributed by atoms with van der Waals surface area (Å²) in [5, 5.41) is 0. The van der Waals surface area contributed by atoms with Crippen molar-refractivity contribution in [3.8, 4) is 0 Å². The summed E-state index contributed by atoms with van der Waals surface area (Å²) in [6, 6.07) is 0. The third-order valence-electron chi connectivity index (χ3n) is 0.504. The van der Waals surface area contributed by atoms with Gasteiger partial charge in [0, 0.05) is 6.08 Å².